The van der Waals surface area contributed by atoms with E-state index in [1.54, 1.807) is 7.11 Å². The number of nitrogens with zero attached hydrogens (tertiary/aromatic N) is 1. The fourth-order valence-electron chi connectivity index (χ4n) is 2.80. The fraction of sp³-hybridized carbons (Fsp3) is 1.00. The Hall–Kier alpha value is -0.120. The van der Waals surface area contributed by atoms with Crippen LogP contribution in [0.3, 0.4) is 0 Å². The first kappa shape index (κ1) is 14.9. The van der Waals surface area contributed by atoms with Crippen molar-refractivity contribution in [2.75, 3.05) is 26.8 Å². The normalized spacial score (nSPS) is 28.6. The van der Waals surface area contributed by atoms with Crippen molar-refractivity contribution in [3.05, 3.63) is 0 Å². The molecule has 3 atom stereocenters. The SMILES string of the molecule is COCC(CNC(C)C)N1CCC(C)CC1C. The highest BCUT2D eigenvalue weighted by molar-refractivity contribution is 4.84. The third-order valence-electron chi connectivity index (χ3n) is 3.78. The van der Waals surface area contributed by atoms with Crippen LogP contribution in [0.25, 0.3) is 0 Å². The number of hydrogen-bond acceptors (Lipinski definition) is 3. The van der Waals surface area contributed by atoms with Crippen molar-refractivity contribution in [2.45, 2.75) is 58.7 Å². The predicted molar refractivity (Wildman–Crippen MR) is 73.4 cm³/mol. The maximum Gasteiger partial charge on any atom is 0.0630 e. The molecule has 0 amide bonds. The van der Waals surface area contributed by atoms with Gasteiger partial charge in [-0.25, -0.2) is 0 Å². The van der Waals surface area contributed by atoms with E-state index in [0.717, 1.165) is 19.1 Å². The molecule has 17 heavy (non-hydrogen) atoms. The fourth-order valence-corrected chi connectivity index (χ4v) is 2.80. The van der Waals surface area contributed by atoms with Crippen molar-refractivity contribution in [3.8, 4) is 0 Å². The van der Waals surface area contributed by atoms with Crippen LogP contribution in [0.4, 0.5) is 0 Å². The summed E-state index contributed by atoms with van der Waals surface area (Å²) in [7, 11) is 1.81. The molecule has 1 heterocycles. The number of likely N-dealkylation sites (tertiary alicyclic amines) is 1. The van der Waals surface area contributed by atoms with Crippen LogP contribution >= 0.6 is 0 Å². The number of methoxy groups -OCH3 is 1. The molecule has 1 saturated heterocycles. The summed E-state index contributed by atoms with van der Waals surface area (Å²) in [4.78, 5) is 2.62. The van der Waals surface area contributed by atoms with Gasteiger partial charge in [0.25, 0.3) is 0 Å². The Balaban J connectivity index is 2.50. The smallest absolute Gasteiger partial charge is 0.0630 e. The largest absolute Gasteiger partial charge is 0.383 e. The lowest BCUT2D eigenvalue weighted by Gasteiger charge is -2.41. The molecule has 102 valence electrons. The molecule has 0 aromatic rings. The molecule has 3 heteroatoms. The van der Waals surface area contributed by atoms with E-state index in [9.17, 15) is 0 Å². The zero-order chi connectivity index (χ0) is 12.8. The van der Waals surface area contributed by atoms with Crippen LogP contribution < -0.4 is 5.32 Å². The summed E-state index contributed by atoms with van der Waals surface area (Å²) in [6.45, 7) is 12.2. The Morgan fingerprint density at radius 1 is 1.35 bits per heavy atom. The van der Waals surface area contributed by atoms with Gasteiger partial charge in [-0.1, -0.05) is 20.8 Å². The van der Waals surface area contributed by atoms with E-state index >= 15 is 0 Å². The quantitative estimate of drug-likeness (QED) is 0.772. The lowest BCUT2D eigenvalue weighted by atomic mass is 9.92. The van der Waals surface area contributed by atoms with Crippen molar-refractivity contribution in [1.29, 1.82) is 0 Å². The van der Waals surface area contributed by atoms with Gasteiger partial charge >= 0.3 is 0 Å². The summed E-state index contributed by atoms with van der Waals surface area (Å²) in [5.41, 5.74) is 0. The molecular formula is C14H30N2O. The molecule has 0 saturated carbocycles. The Bertz CT molecular complexity index is 208. The first-order valence-electron chi connectivity index (χ1n) is 7.02. The van der Waals surface area contributed by atoms with Gasteiger partial charge in [0.05, 0.1) is 6.61 Å². The Morgan fingerprint density at radius 3 is 2.59 bits per heavy atom. The molecule has 0 bridgehead atoms. The number of nitrogens with one attached hydrogen (secondary N) is 1. The van der Waals surface area contributed by atoms with Crippen LogP contribution in [0.5, 0.6) is 0 Å². The molecule has 0 radical (unpaired) electrons. The maximum absolute atomic E-state index is 5.38. The standard InChI is InChI=1S/C14H30N2O/c1-11(2)15-9-14(10-17-5)16-7-6-12(3)8-13(16)4/h11-15H,6-10H2,1-5H3. The van der Waals surface area contributed by atoms with Crippen LogP contribution in [-0.2, 0) is 4.74 Å². The highest BCUT2D eigenvalue weighted by atomic mass is 16.5. The van der Waals surface area contributed by atoms with Crippen LogP contribution in [0, 0.1) is 5.92 Å². The number of hydrogen-bond donors (Lipinski definition) is 1. The minimum atomic E-state index is 0.518. The molecule has 1 N–H and O–H groups in total. The summed E-state index contributed by atoms with van der Waals surface area (Å²) in [6.07, 6.45) is 2.65. The van der Waals surface area contributed by atoms with E-state index < -0.39 is 0 Å². The second-order valence-corrected chi connectivity index (χ2v) is 5.89. The molecule has 0 aromatic carbocycles. The molecule has 3 nitrogen and oxygen atoms in total. The zero-order valence-corrected chi connectivity index (χ0v) is 12.2. The van der Waals surface area contributed by atoms with E-state index in [4.69, 9.17) is 4.74 Å². The average Bonchev–Trinajstić information content (AvgIpc) is 2.24. The molecule has 0 aliphatic carbocycles. The number of rotatable bonds is 6. The van der Waals surface area contributed by atoms with E-state index in [-0.39, 0.29) is 0 Å². The van der Waals surface area contributed by atoms with Gasteiger partial charge in [0.1, 0.15) is 0 Å². The lowest BCUT2D eigenvalue weighted by molar-refractivity contribution is 0.0332. The van der Waals surface area contributed by atoms with Gasteiger partial charge in [-0.2, -0.15) is 0 Å². The third kappa shape index (κ3) is 4.94. The minimum absolute atomic E-state index is 0.518. The van der Waals surface area contributed by atoms with Crippen molar-refractivity contribution < 1.29 is 4.74 Å². The Kier molecular flexibility index (Phi) is 6.45. The highest BCUT2D eigenvalue weighted by Crippen LogP contribution is 2.23. The molecule has 0 spiro atoms. The summed E-state index contributed by atoms with van der Waals surface area (Å²) >= 11 is 0. The van der Waals surface area contributed by atoms with Gasteiger partial charge in [0, 0.05) is 31.8 Å². The van der Waals surface area contributed by atoms with E-state index in [1.807, 2.05) is 0 Å². The maximum atomic E-state index is 5.38. The molecule has 1 aliphatic rings. The van der Waals surface area contributed by atoms with Gasteiger partial charge in [-0.05, 0) is 32.2 Å². The van der Waals surface area contributed by atoms with Crippen LogP contribution in [-0.4, -0.2) is 49.8 Å². The number of piperidine rings is 1. The second kappa shape index (κ2) is 7.34. The Morgan fingerprint density at radius 2 is 2.06 bits per heavy atom. The van der Waals surface area contributed by atoms with Crippen molar-refractivity contribution in [2.24, 2.45) is 5.92 Å². The molecule has 1 rings (SSSR count). The van der Waals surface area contributed by atoms with Gasteiger partial charge in [-0.3, -0.25) is 4.90 Å². The van der Waals surface area contributed by atoms with Gasteiger partial charge in [-0.15, -0.1) is 0 Å². The van der Waals surface area contributed by atoms with Crippen LogP contribution in [0.15, 0.2) is 0 Å². The monoisotopic (exact) mass is 242 g/mol. The first-order valence-corrected chi connectivity index (χ1v) is 7.02. The van der Waals surface area contributed by atoms with Gasteiger partial charge in [0.15, 0.2) is 0 Å². The Labute approximate surface area is 107 Å². The van der Waals surface area contributed by atoms with Crippen molar-refractivity contribution in [3.63, 3.8) is 0 Å². The van der Waals surface area contributed by atoms with Gasteiger partial charge < -0.3 is 10.1 Å². The second-order valence-electron chi connectivity index (χ2n) is 5.89. The molecule has 1 fully saturated rings. The zero-order valence-electron chi connectivity index (χ0n) is 12.2. The average molecular weight is 242 g/mol. The lowest BCUT2D eigenvalue weighted by Crippen LogP contribution is -2.53. The van der Waals surface area contributed by atoms with Gasteiger partial charge in [0.2, 0.25) is 0 Å². The van der Waals surface area contributed by atoms with Crippen molar-refractivity contribution >= 4 is 0 Å². The minimum Gasteiger partial charge on any atom is -0.383 e. The molecular weight excluding hydrogens is 212 g/mol. The third-order valence-corrected chi connectivity index (χ3v) is 3.78. The van der Waals surface area contributed by atoms with Crippen LogP contribution in [0.1, 0.15) is 40.5 Å². The molecule has 3 unspecified atom stereocenters. The summed E-state index contributed by atoms with van der Waals surface area (Å²) in [6, 6.07) is 1.76. The summed E-state index contributed by atoms with van der Waals surface area (Å²) < 4.78 is 5.38. The summed E-state index contributed by atoms with van der Waals surface area (Å²) in [5, 5.41) is 3.54. The molecule has 1 aliphatic heterocycles. The number of ether oxygens (including phenoxy) is 1. The van der Waals surface area contributed by atoms with Crippen LogP contribution in [0.2, 0.25) is 0 Å². The first-order chi connectivity index (χ1) is 8.04. The topological polar surface area (TPSA) is 24.5 Å². The van der Waals surface area contributed by atoms with Crippen molar-refractivity contribution in [1.82, 2.24) is 10.2 Å². The summed E-state index contributed by atoms with van der Waals surface area (Å²) in [5.74, 6) is 0.877. The predicted octanol–water partition coefficient (Wildman–Crippen LogP) is 2.12. The van der Waals surface area contributed by atoms with E-state index in [1.165, 1.54) is 19.4 Å². The van der Waals surface area contributed by atoms with E-state index in [0.29, 0.717) is 18.1 Å². The highest BCUT2D eigenvalue weighted by Gasteiger charge is 2.28. The van der Waals surface area contributed by atoms with E-state index in [2.05, 4.69) is 37.9 Å². The molecule has 0 aromatic heterocycles.